The monoisotopic (exact) mass is 128 g/mol. The first-order valence-corrected chi connectivity index (χ1v) is 3.10. The first kappa shape index (κ1) is 6.55. The lowest BCUT2D eigenvalue weighted by atomic mass is 10.3. The van der Waals surface area contributed by atoms with Crippen LogP contribution in [-0.4, -0.2) is 32.1 Å². The van der Waals surface area contributed by atoms with E-state index in [1.165, 1.54) is 0 Å². The van der Waals surface area contributed by atoms with Crippen molar-refractivity contribution in [2.45, 2.75) is 13.0 Å². The maximum absolute atomic E-state index is 5.07. The van der Waals surface area contributed by atoms with Crippen molar-refractivity contribution < 1.29 is 4.74 Å². The quantitative estimate of drug-likeness (QED) is 0.540. The third-order valence-corrected chi connectivity index (χ3v) is 1.45. The van der Waals surface area contributed by atoms with Gasteiger partial charge in [0, 0.05) is 13.7 Å². The SMILES string of the molecule is COC1CN=C(C)NC1. The van der Waals surface area contributed by atoms with Crippen LogP contribution in [-0.2, 0) is 4.74 Å². The molecule has 1 aliphatic rings. The van der Waals surface area contributed by atoms with Crippen molar-refractivity contribution >= 4 is 5.84 Å². The summed E-state index contributed by atoms with van der Waals surface area (Å²) in [6, 6.07) is 0. The lowest BCUT2D eigenvalue weighted by molar-refractivity contribution is 0.109. The molecule has 0 radical (unpaired) electrons. The second kappa shape index (κ2) is 2.82. The van der Waals surface area contributed by atoms with Crippen molar-refractivity contribution in [1.82, 2.24) is 5.32 Å². The number of aliphatic imine (C=N–C) groups is 1. The molecule has 1 heterocycles. The van der Waals surface area contributed by atoms with Crippen LogP contribution < -0.4 is 5.32 Å². The summed E-state index contributed by atoms with van der Waals surface area (Å²) in [5.74, 6) is 1.02. The predicted octanol–water partition coefficient (Wildman–Crippen LogP) is 0.0230. The van der Waals surface area contributed by atoms with E-state index in [2.05, 4.69) is 10.3 Å². The lowest BCUT2D eigenvalue weighted by Gasteiger charge is -2.19. The average molecular weight is 128 g/mol. The van der Waals surface area contributed by atoms with Gasteiger partial charge in [0.2, 0.25) is 0 Å². The summed E-state index contributed by atoms with van der Waals surface area (Å²) < 4.78 is 5.07. The van der Waals surface area contributed by atoms with Crippen LogP contribution in [0.1, 0.15) is 6.92 Å². The smallest absolute Gasteiger partial charge is 0.0939 e. The zero-order valence-corrected chi connectivity index (χ0v) is 5.85. The van der Waals surface area contributed by atoms with Gasteiger partial charge in [-0.3, -0.25) is 4.99 Å². The highest BCUT2D eigenvalue weighted by molar-refractivity contribution is 5.80. The Morgan fingerprint density at radius 1 is 1.78 bits per heavy atom. The van der Waals surface area contributed by atoms with Crippen LogP contribution in [0.25, 0.3) is 0 Å². The van der Waals surface area contributed by atoms with Crippen LogP contribution in [0.4, 0.5) is 0 Å². The highest BCUT2D eigenvalue weighted by Gasteiger charge is 2.09. The van der Waals surface area contributed by atoms with E-state index in [1.54, 1.807) is 7.11 Å². The summed E-state index contributed by atoms with van der Waals surface area (Å²) in [5, 5.41) is 3.11. The fraction of sp³-hybridized carbons (Fsp3) is 0.833. The summed E-state index contributed by atoms with van der Waals surface area (Å²) >= 11 is 0. The standard InChI is InChI=1S/C6H12N2O/c1-5-7-3-6(9-2)4-8-5/h6H,3-4H2,1-2H3,(H,7,8). The fourth-order valence-corrected chi connectivity index (χ4v) is 0.779. The van der Waals surface area contributed by atoms with E-state index in [1.807, 2.05) is 6.92 Å². The third kappa shape index (κ3) is 1.68. The summed E-state index contributed by atoms with van der Waals surface area (Å²) in [5.41, 5.74) is 0. The molecule has 52 valence electrons. The molecule has 0 bridgehead atoms. The maximum Gasteiger partial charge on any atom is 0.0939 e. The normalized spacial score (nSPS) is 26.9. The second-order valence-corrected chi connectivity index (χ2v) is 2.16. The molecule has 0 fully saturated rings. The van der Waals surface area contributed by atoms with Crippen molar-refractivity contribution in [2.24, 2.45) is 4.99 Å². The highest BCUT2D eigenvalue weighted by atomic mass is 16.5. The van der Waals surface area contributed by atoms with Gasteiger partial charge >= 0.3 is 0 Å². The van der Waals surface area contributed by atoms with Gasteiger partial charge in [-0.05, 0) is 6.92 Å². The van der Waals surface area contributed by atoms with Crippen LogP contribution in [0.2, 0.25) is 0 Å². The Morgan fingerprint density at radius 3 is 3.00 bits per heavy atom. The Hall–Kier alpha value is -0.570. The molecule has 1 atom stereocenters. The number of rotatable bonds is 1. The van der Waals surface area contributed by atoms with Crippen LogP contribution in [0, 0.1) is 0 Å². The summed E-state index contributed by atoms with van der Waals surface area (Å²) in [6.45, 7) is 3.66. The maximum atomic E-state index is 5.07. The van der Waals surface area contributed by atoms with E-state index in [9.17, 15) is 0 Å². The molecule has 0 saturated carbocycles. The number of hydrogen-bond donors (Lipinski definition) is 1. The van der Waals surface area contributed by atoms with Gasteiger partial charge in [0.05, 0.1) is 18.5 Å². The zero-order chi connectivity index (χ0) is 6.69. The number of nitrogens with zero attached hydrogens (tertiary/aromatic N) is 1. The number of ether oxygens (including phenoxy) is 1. The molecule has 1 N–H and O–H groups in total. The van der Waals surface area contributed by atoms with E-state index in [4.69, 9.17) is 4.74 Å². The van der Waals surface area contributed by atoms with Gasteiger partial charge in [-0.25, -0.2) is 0 Å². The highest BCUT2D eigenvalue weighted by Crippen LogP contribution is 1.94. The van der Waals surface area contributed by atoms with E-state index in [0.29, 0.717) is 0 Å². The number of hydrogen-bond acceptors (Lipinski definition) is 3. The molecule has 1 unspecified atom stereocenters. The molecule has 0 aliphatic carbocycles. The fourth-order valence-electron chi connectivity index (χ4n) is 0.779. The van der Waals surface area contributed by atoms with E-state index in [0.717, 1.165) is 18.9 Å². The molecule has 1 rings (SSSR count). The first-order valence-electron chi connectivity index (χ1n) is 3.10. The van der Waals surface area contributed by atoms with E-state index < -0.39 is 0 Å². The molecule has 0 aromatic carbocycles. The largest absolute Gasteiger partial charge is 0.378 e. The van der Waals surface area contributed by atoms with Crippen molar-refractivity contribution in [1.29, 1.82) is 0 Å². The topological polar surface area (TPSA) is 33.6 Å². The first-order chi connectivity index (χ1) is 4.33. The van der Waals surface area contributed by atoms with Crippen LogP contribution in [0.15, 0.2) is 4.99 Å². The Balaban J connectivity index is 2.36. The van der Waals surface area contributed by atoms with E-state index in [-0.39, 0.29) is 6.10 Å². The van der Waals surface area contributed by atoms with Gasteiger partial charge in [0.1, 0.15) is 0 Å². The van der Waals surface area contributed by atoms with Crippen molar-refractivity contribution in [2.75, 3.05) is 20.2 Å². The van der Waals surface area contributed by atoms with Crippen molar-refractivity contribution in [3.8, 4) is 0 Å². The Bertz CT molecular complexity index is 122. The Labute approximate surface area is 55.1 Å². The van der Waals surface area contributed by atoms with Crippen molar-refractivity contribution in [3.63, 3.8) is 0 Å². The molecular weight excluding hydrogens is 116 g/mol. The second-order valence-electron chi connectivity index (χ2n) is 2.16. The third-order valence-electron chi connectivity index (χ3n) is 1.45. The van der Waals surface area contributed by atoms with Gasteiger partial charge in [-0.15, -0.1) is 0 Å². The Morgan fingerprint density at radius 2 is 2.56 bits per heavy atom. The minimum atomic E-state index is 0.272. The zero-order valence-electron chi connectivity index (χ0n) is 5.85. The molecule has 0 aromatic heterocycles. The number of nitrogens with one attached hydrogen (secondary N) is 1. The predicted molar refractivity (Wildman–Crippen MR) is 36.8 cm³/mol. The molecule has 0 amide bonds. The van der Waals surface area contributed by atoms with Crippen molar-refractivity contribution in [3.05, 3.63) is 0 Å². The lowest BCUT2D eigenvalue weighted by Crippen LogP contribution is -2.38. The van der Waals surface area contributed by atoms with E-state index >= 15 is 0 Å². The molecule has 0 aromatic rings. The molecule has 9 heavy (non-hydrogen) atoms. The number of methoxy groups -OCH3 is 1. The molecule has 3 nitrogen and oxygen atoms in total. The molecule has 1 aliphatic heterocycles. The number of amidine groups is 1. The van der Waals surface area contributed by atoms with Gasteiger partial charge in [-0.1, -0.05) is 0 Å². The van der Waals surface area contributed by atoms with Crippen LogP contribution in [0.5, 0.6) is 0 Å². The van der Waals surface area contributed by atoms with Gasteiger partial charge in [0.15, 0.2) is 0 Å². The minimum Gasteiger partial charge on any atom is -0.378 e. The average Bonchev–Trinajstić information content (AvgIpc) is 1.90. The molecule has 0 saturated heterocycles. The molecule has 0 spiro atoms. The van der Waals surface area contributed by atoms with Crippen LogP contribution in [0.3, 0.4) is 0 Å². The van der Waals surface area contributed by atoms with Gasteiger partial charge in [0.25, 0.3) is 0 Å². The van der Waals surface area contributed by atoms with Crippen LogP contribution >= 0.6 is 0 Å². The van der Waals surface area contributed by atoms with Gasteiger partial charge < -0.3 is 10.1 Å². The molecule has 3 heteroatoms. The Kier molecular flexibility index (Phi) is 2.05. The molecular formula is C6H12N2O. The minimum absolute atomic E-state index is 0.272. The summed E-state index contributed by atoms with van der Waals surface area (Å²) in [7, 11) is 1.71. The van der Waals surface area contributed by atoms with Gasteiger partial charge in [-0.2, -0.15) is 0 Å². The summed E-state index contributed by atoms with van der Waals surface area (Å²) in [6.07, 6.45) is 0.272. The summed E-state index contributed by atoms with van der Waals surface area (Å²) in [4.78, 5) is 4.16.